The number of benzene rings is 1. The summed E-state index contributed by atoms with van der Waals surface area (Å²) < 4.78 is 6.01. The smallest absolute Gasteiger partial charge is 0.309 e. The van der Waals surface area contributed by atoms with Crippen LogP contribution >= 0.6 is 11.6 Å². The van der Waals surface area contributed by atoms with E-state index in [1.54, 1.807) is 12.1 Å². The molecule has 0 saturated heterocycles. The average Bonchev–Trinajstić information content (AvgIpc) is 2.27. The van der Waals surface area contributed by atoms with Crippen LogP contribution in [0, 0.1) is 10.1 Å². The van der Waals surface area contributed by atoms with Gasteiger partial charge in [-0.3, -0.25) is 10.1 Å². The molecule has 4 nitrogen and oxygen atoms in total. The maximum absolute atomic E-state index is 11.1. The van der Waals surface area contributed by atoms with E-state index in [9.17, 15) is 10.1 Å². The second-order valence-corrected chi connectivity index (χ2v) is 11.0. The summed E-state index contributed by atoms with van der Waals surface area (Å²) in [7, 11) is -2.09. The Balaban J connectivity index is 3.18. The predicted molar refractivity (Wildman–Crippen MR) is 80.5 cm³/mol. The van der Waals surface area contributed by atoms with Crippen LogP contribution in [-0.2, 0) is 5.88 Å². The Bertz CT molecular complexity index is 483. The fraction of sp³-hybridized carbons (Fsp3) is 0.538. The van der Waals surface area contributed by atoms with E-state index in [0.717, 1.165) is 5.56 Å². The molecule has 0 spiro atoms. The molecule has 0 bridgehead atoms. The van der Waals surface area contributed by atoms with Crippen LogP contribution in [0.5, 0.6) is 5.75 Å². The molecule has 0 aromatic heterocycles. The van der Waals surface area contributed by atoms with Crippen molar-refractivity contribution in [2.45, 2.75) is 44.8 Å². The van der Waals surface area contributed by atoms with E-state index in [1.165, 1.54) is 6.07 Å². The van der Waals surface area contributed by atoms with Crippen LogP contribution in [0.4, 0.5) is 5.69 Å². The van der Waals surface area contributed by atoms with Crippen molar-refractivity contribution in [3.05, 3.63) is 33.9 Å². The van der Waals surface area contributed by atoms with Crippen LogP contribution in [0.25, 0.3) is 0 Å². The zero-order valence-corrected chi connectivity index (χ0v) is 13.7. The Hall–Kier alpha value is -1.07. The number of hydrogen-bond acceptors (Lipinski definition) is 3. The van der Waals surface area contributed by atoms with Crippen molar-refractivity contribution >= 4 is 25.6 Å². The molecule has 0 aliphatic heterocycles. The van der Waals surface area contributed by atoms with E-state index in [1.807, 2.05) is 0 Å². The molecule has 0 N–H and O–H groups in total. The van der Waals surface area contributed by atoms with Crippen LogP contribution in [0.1, 0.15) is 26.3 Å². The summed E-state index contributed by atoms with van der Waals surface area (Å²) in [6.45, 7) is 10.4. The first kappa shape index (κ1) is 16.0. The first-order valence-electron chi connectivity index (χ1n) is 6.11. The normalized spacial score (nSPS) is 12.3. The zero-order chi connectivity index (χ0) is 14.8. The van der Waals surface area contributed by atoms with Gasteiger partial charge in [0.15, 0.2) is 5.75 Å². The number of alkyl halides is 1. The molecule has 0 amide bonds. The minimum absolute atomic E-state index is 0.00791. The van der Waals surface area contributed by atoms with Gasteiger partial charge in [-0.25, -0.2) is 0 Å². The number of nitro groups is 1. The number of halogens is 1. The Kier molecular flexibility index (Phi) is 4.63. The second-order valence-electron chi connectivity index (χ2n) is 6.06. The highest BCUT2D eigenvalue weighted by molar-refractivity contribution is 6.74. The number of nitrogens with zero attached hydrogens (tertiary/aromatic N) is 1. The van der Waals surface area contributed by atoms with Gasteiger partial charge in [-0.2, -0.15) is 0 Å². The summed E-state index contributed by atoms with van der Waals surface area (Å²) in [6, 6.07) is 4.90. The maximum atomic E-state index is 11.1. The largest absolute Gasteiger partial charge is 0.539 e. The topological polar surface area (TPSA) is 52.4 Å². The van der Waals surface area contributed by atoms with Gasteiger partial charge < -0.3 is 4.43 Å². The molecule has 0 heterocycles. The number of hydrogen-bond donors (Lipinski definition) is 0. The van der Waals surface area contributed by atoms with Gasteiger partial charge in [0.25, 0.3) is 8.32 Å². The van der Waals surface area contributed by atoms with Gasteiger partial charge in [-0.05, 0) is 29.8 Å². The van der Waals surface area contributed by atoms with Gasteiger partial charge in [-0.1, -0.05) is 26.8 Å². The molecule has 0 aliphatic carbocycles. The molecule has 6 heteroatoms. The molecule has 0 aliphatic rings. The van der Waals surface area contributed by atoms with Crippen molar-refractivity contribution < 1.29 is 9.35 Å². The molecule has 1 aromatic carbocycles. The first-order valence-corrected chi connectivity index (χ1v) is 9.55. The lowest BCUT2D eigenvalue weighted by molar-refractivity contribution is -0.385. The Morgan fingerprint density at radius 1 is 1.37 bits per heavy atom. The highest BCUT2D eigenvalue weighted by Gasteiger charge is 2.40. The van der Waals surface area contributed by atoms with E-state index in [0.29, 0.717) is 5.75 Å². The molecule has 0 atom stereocenters. The third-order valence-electron chi connectivity index (χ3n) is 3.55. The lowest BCUT2D eigenvalue weighted by Crippen LogP contribution is -2.44. The molecule has 0 fully saturated rings. The standard InChI is InChI=1S/C13H20ClNO3Si/c1-13(2,3)19(4,5)18-12-7-6-10(9-14)8-11(12)15(16)17/h6-8H,9H2,1-5H3. The van der Waals surface area contributed by atoms with E-state index >= 15 is 0 Å². The predicted octanol–water partition coefficient (Wildman–Crippen LogP) is 4.72. The van der Waals surface area contributed by atoms with Crippen molar-refractivity contribution in [3.8, 4) is 5.75 Å². The van der Waals surface area contributed by atoms with Crippen LogP contribution in [-0.4, -0.2) is 13.2 Å². The SMILES string of the molecule is CC(C)(C)[Si](C)(C)Oc1ccc(CCl)cc1[N+](=O)[O-]. The van der Waals surface area contributed by atoms with Crippen LogP contribution in [0.3, 0.4) is 0 Å². The summed E-state index contributed by atoms with van der Waals surface area (Å²) >= 11 is 5.71. The first-order chi connectivity index (χ1) is 8.58. The molecule has 0 unspecified atom stereocenters. The third-order valence-corrected chi connectivity index (χ3v) is 8.20. The number of rotatable bonds is 4. The molecular weight excluding hydrogens is 282 g/mol. The molecule has 19 heavy (non-hydrogen) atoms. The maximum Gasteiger partial charge on any atom is 0.309 e. The second kappa shape index (κ2) is 5.51. The lowest BCUT2D eigenvalue weighted by atomic mass is 10.2. The summed E-state index contributed by atoms with van der Waals surface area (Å²) in [5, 5.41) is 11.1. The molecule has 1 aromatic rings. The minimum Gasteiger partial charge on any atom is -0.539 e. The fourth-order valence-electron chi connectivity index (χ4n) is 1.30. The van der Waals surface area contributed by atoms with Gasteiger partial charge in [0.05, 0.1) is 4.92 Å². The van der Waals surface area contributed by atoms with E-state index < -0.39 is 13.2 Å². The van der Waals surface area contributed by atoms with Crippen LogP contribution < -0.4 is 4.43 Å². The Labute approximate surface area is 120 Å². The lowest BCUT2D eigenvalue weighted by Gasteiger charge is -2.36. The van der Waals surface area contributed by atoms with E-state index in [-0.39, 0.29) is 16.6 Å². The Morgan fingerprint density at radius 3 is 2.37 bits per heavy atom. The molecule has 106 valence electrons. The summed E-state index contributed by atoms with van der Waals surface area (Å²) in [6.07, 6.45) is 0. The number of nitro benzene ring substituents is 1. The van der Waals surface area contributed by atoms with E-state index in [2.05, 4.69) is 33.9 Å². The third kappa shape index (κ3) is 3.70. The van der Waals surface area contributed by atoms with Gasteiger partial charge in [0.1, 0.15) is 0 Å². The van der Waals surface area contributed by atoms with Gasteiger partial charge in [0.2, 0.25) is 0 Å². The quantitative estimate of drug-likeness (QED) is 0.350. The Morgan fingerprint density at radius 2 is 1.95 bits per heavy atom. The van der Waals surface area contributed by atoms with Gasteiger partial charge in [0, 0.05) is 11.9 Å². The average molecular weight is 302 g/mol. The summed E-state index contributed by atoms with van der Waals surface area (Å²) in [5.41, 5.74) is 0.707. The fourth-order valence-corrected chi connectivity index (χ4v) is 2.50. The van der Waals surface area contributed by atoms with Crippen molar-refractivity contribution in [2.24, 2.45) is 0 Å². The van der Waals surface area contributed by atoms with Crippen molar-refractivity contribution in [3.63, 3.8) is 0 Å². The van der Waals surface area contributed by atoms with E-state index in [4.69, 9.17) is 16.0 Å². The van der Waals surface area contributed by atoms with Crippen molar-refractivity contribution in [1.29, 1.82) is 0 Å². The monoisotopic (exact) mass is 301 g/mol. The van der Waals surface area contributed by atoms with Gasteiger partial charge in [-0.15, -0.1) is 11.6 Å². The molecule has 0 saturated carbocycles. The minimum atomic E-state index is -2.09. The van der Waals surface area contributed by atoms with Gasteiger partial charge >= 0.3 is 5.69 Å². The highest BCUT2D eigenvalue weighted by Crippen LogP contribution is 2.40. The van der Waals surface area contributed by atoms with Crippen molar-refractivity contribution in [2.75, 3.05) is 0 Å². The molecule has 0 radical (unpaired) electrons. The summed E-state index contributed by atoms with van der Waals surface area (Å²) in [4.78, 5) is 10.7. The summed E-state index contributed by atoms with van der Waals surface area (Å²) in [5.74, 6) is 0.590. The molecule has 1 rings (SSSR count). The molecular formula is C13H20ClNO3Si. The zero-order valence-electron chi connectivity index (χ0n) is 12.0. The van der Waals surface area contributed by atoms with Crippen LogP contribution in [0.15, 0.2) is 18.2 Å². The highest BCUT2D eigenvalue weighted by atomic mass is 35.5. The van der Waals surface area contributed by atoms with Crippen molar-refractivity contribution in [1.82, 2.24) is 0 Å². The van der Waals surface area contributed by atoms with Crippen LogP contribution in [0.2, 0.25) is 18.1 Å².